The lowest BCUT2D eigenvalue weighted by Crippen LogP contribution is -2.25. The number of hydrogen-bond acceptors (Lipinski definition) is 4. The average molecular weight is 340 g/mol. The molecule has 0 aromatic rings. The third-order valence-electron chi connectivity index (χ3n) is 3.65. The summed E-state index contributed by atoms with van der Waals surface area (Å²) in [5.74, 6) is 0.331. The molecule has 0 aromatic carbocycles. The molecule has 24 heavy (non-hydrogen) atoms. The van der Waals surface area contributed by atoms with Gasteiger partial charge in [0.1, 0.15) is 0 Å². The molecule has 1 aliphatic rings. The molecule has 0 saturated carbocycles. The molecule has 0 atom stereocenters. The van der Waals surface area contributed by atoms with E-state index in [2.05, 4.69) is 17.0 Å². The van der Waals surface area contributed by atoms with E-state index in [-0.39, 0.29) is 5.91 Å². The second kappa shape index (κ2) is 16.0. The highest BCUT2D eigenvalue weighted by Gasteiger charge is 2.18. The fourth-order valence-electron chi connectivity index (χ4n) is 2.35. The van der Waals surface area contributed by atoms with Gasteiger partial charge in [0.25, 0.3) is 6.47 Å². The molecule has 6 heteroatoms. The average Bonchev–Trinajstić information content (AvgIpc) is 2.99. The highest BCUT2D eigenvalue weighted by Crippen LogP contribution is 2.11. The van der Waals surface area contributed by atoms with E-state index in [0.717, 1.165) is 71.0 Å². The van der Waals surface area contributed by atoms with Gasteiger partial charge in [0, 0.05) is 26.1 Å². The van der Waals surface area contributed by atoms with Gasteiger partial charge < -0.3 is 15.0 Å². The molecule has 2 amide bonds. The standard InChI is InChI=1S/C16H28N2O2.C2H4O2/c1-2-3-6-10-15(19)17-12-7-4-5-8-13-18-14-9-11-16(18)20;1-4-2-3/h6,10H,2-5,7-9,11-14H2,1H3,(H,17,19);2H,1H3/b10-6-;. The summed E-state index contributed by atoms with van der Waals surface area (Å²) in [6.07, 6.45) is 11.7. The van der Waals surface area contributed by atoms with E-state index in [0.29, 0.717) is 12.4 Å². The molecule has 1 rings (SSSR count). The van der Waals surface area contributed by atoms with Crippen molar-refractivity contribution in [3.8, 4) is 0 Å². The van der Waals surface area contributed by atoms with Gasteiger partial charge in [-0.05, 0) is 31.8 Å². The van der Waals surface area contributed by atoms with Crippen LogP contribution < -0.4 is 5.32 Å². The summed E-state index contributed by atoms with van der Waals surface area (Å²) in [5.41, 5.74) is 0. The number of ether oxygens (including phenoxy) is 1. The second-order valence-electron chi connectivity index (χ2n) is 5.71. The number of carbonyl (C=O) groups excluding carboxylic acids is 3. The van der Waals surface area contributed by atoms with Crippen LogP contribution in [-0.4, -0.2) is 49.9 Å². The number of rotatable bonds is 11. The quantitative estimate of drug-likeness (QED) is 0.356. The van der Waals surface area contributed by atoms with Crippen molar-refractivity contribution in [1.29, 1.82) is 0 Å². The SMILES string of the molecule is CCC/C=C\C(=O)NCCCCCCN1CCCC1=O.COC=O. The first-order valence-electron chi connectivity index (χ1n) is 8.84. The van der Waals surface area contributed by atoms with Crippen LogP contribution in [0.2, 0.25) is 0 Å². The molecular formula is C18H32N2O4. The van der Waals surface area contributed by atoms with Crippen LogP contribution in [0.3, 0.4) is 0 Å². The predicted octanol–water partition coefficient (Wildman–Crippen LogP) is 2.43. The van der Waals surface area contributed by atoms with Gasteiger partial charge in [0.05, 0.1) is 7.11 Å². The van der Waals surface area contributed by atoms with Gasteiger partial charge in [-0.1, -0.05) is 32.3 Å². The fraction of sp³-hybridized carbons (Fsp3) is 0.722. The number of nitrogens with one attached hydrogen (secondary N) is 1. The van der Waals surface area contributed by atoms with Gasteiger partial charge in [-0.3, -0.25) is 14.4 Å². The molecule has 1 fully saturated rings. The molecule has 1 aliphatic heterocycles. The molecule has 1 heterocycles. The van der Waals surface area contributed by atoms with Gasteiger partial charge in [-0.25, -0.2) is 0 Å². The number of carbonyl (C=O) groups is 3. The Bertz CT molecular complexity index is 383. The van der Waals surface area contributed by atoms with E-state index in [9.17, 15) is 9.59 Å². The van der Waals surface area contributed by atoms with Crippen molar-refractivity contribution in [2.75, 3.05) is 26.7 Å². The number of hydrogen-bond donors (Lipinski definition) is 1. The molecule has 0 aliphatic carbocycles. The lowest BCUT2D eigenvalue weighted by Gasteiger charge is -2.14. The zero-order valence-electron chi connectivity index (χ0n) is 15.1. The van der Waals surface area contributed by atoms with E-state index in [1.54, 1.807) is 6.08 Å². The second-order valence-corrected chi connectivity index (χ2v) is 5.71. The first kappa shape index (κ1) is 22.1. The summed E-state index contributed by atoms with van der Waals surface area (Å²) < 4.78 is 3.86. The minimum Gasteiger partial charge on any atom is -0.471 e. The largest absolute Gasteiger partial charge is 0.471 e. The summed E-state index contributed by atoms with van der Waals surface area (Å²) in [4.78, 5) is 33.7. The number of unbranched alkanes of at least 4 members (excludes halogenated alkanes) is 4. The summed E-state index contributed by atoms with van der Waals surface area (Å²) in [6.45, 7) is 5.07. The van der Waals surface area contributed by atoms with Crippen LogP contribution >= 0.6 is 0 Å². The van der Waals surface area contributed by atoms with E-state index in [1.165, 1.54) is 7.11 Å². The number of allylic oxidation sites excluding steroid dienone is 1. The molecule has 0 bridgehead atoms. The first-order valence-corrected chi connectivity index (χ1v) is 8.84. The van der Waals surface area contributed by atoms with Crippen LogP contribution in [0.25, 0.3) is 0 Å². The Labute approximate surface area is 145 Å². The Morgan fingerprint density at radius 3 is 2.58 bits per heavy atom. The molecular weight excluding hydrogens is 308 g/mol. The van der Waals surface area contributed by atoms with Crippen molar-refractivity contribution in [2.45, 2.75) is 58.3 Å². The molecule has 1 N–H and O–H groups in total. The van der Waals surface area contributed by atoms with E-state index in [1.807, 2.05) is 11.0 Å². The zero-order chi connectivity index (χ0) is 18.0. The van der Waals surface area contributed by atoms with Gasteiger partial charge in [-0.2, -0.15) is 0 Å². The predicted molar refractivity (Wildman–Crippen MR) is 94.4 cm³/mol. The van der Waals surface area contributed by atoms with E-state index in [4.69, 9.17) is 4.79 Å². The van der Waals surface area contributed by atoms with Crippen molar-refractivity contribution in [1.82, 2.24) is 10.2 Å². The molecule has 6 nitrogen and oxygen atoms in total. The van der Waals surface area contributed by atoms with Gasteiger partial charge in [-0.15, -0.1) is 0 Å². The molecule has 0 radical (unpaired) electrons. The van der Waals surface area contributed by atoms with Crippen LogP contribution in [0.15, 0.2) is 12.2 Å². The van der Waals surface area contributed by atoms with E-state index < -0.39 is 0 Å². The van der Waals surface area contributed by atoms with Crippen molar-refractivity contribution < 1.29 is 19.1 Å². The topological polar surface area (TPSA) is 75.7 Å². The van der Waals surface area contributed by atoms with Gasteiger partial charge >= 0.3 is 0 Å². The van der Waals surface area contributed by atoms with Crippen LogP contribution in [0.1, 0.15) is 58.3 Å². The number of amides is 2. The van der Waals surface area contributed by atoms with Crippen molar-refractivity contribution in [3.63, 3.8) is 0 Å². The Morgan fingerprint density at radius 1 is 1.29 bits per heavy atom. The maximum Gasteiger partial charge on any atom is 0.292 e. The summed E-state index contributed by atoms with van der Waals surface area (Å²) in [5, 5.41) is 2.89. The molecule has 0 aromatic heterocycles. The zero-order valence-corrected chi connectivity index (χ0v) is 15.1. The minimum atomic E-state index is 0.0149. The lowest BCUT2D eigenvalue weighted by atomic mass is 10.2. The maximum absolute atomic E-state index is 11.4. The highest BCUT2D eigenvalue weighted by atomic mass is 16.5. The maximum atomic E-state index is 11.4. The fourth-order valence-corrected chi connectivity index (χ4v) is 2.35. The van der Waals surface area contributed by atoms with Crippen molar-refractivity contribution in [2.24, 2.45) is 0 Å². The lowest BCUT2D eigenvalue weighted by molar-refractivity contribution is -0.128. The van der Waals surface area contributed by atoms with Gasteiger partial charge in [0.2, 0.25) is 11.8 Å². The molecule has 0 unspecified atom stereocenters. The Morgan fingerprint density at radius 2 is 2.00 bits per heavy atom. The van der Waals surface area contributed by atoms with Crippen LogP contribution in [0.4, 0.5) is 0 Å². The monoisotopic (exact) mass is 340 g/mol. The molecule has 138 valence electrons. The Hall–Kier alpha value is -1.85. The molecule has 0 spiro atoms. The van der Waals surface area contributed by atoms with Crippen LogP contribution in [-0.2, 0) is 19.1 Å². The number of likely N-dealkylation sites (tertiary alicyclic amines) is 1. The summed E-state index contributed by atoms with van der Waals surface area (Å²) in [6, 6.07) is 0. The van der Waals surface area contributed by atoms with Crippen LogP contribution in [0, 0.1) is 0 Å². The van der Waals surface area contributed by atoms with Gasteiger partial charge in [0.15, 0.2) is 0 Å². The van der Waals surface area contributed by atoms with E-state index >= 15 is 0 Å². The number of methoxy groups -OCH3 is 1. The van der Waals surface area contributed by atoms with Crippen LogP contribution in [0.5, 0.6) is 0 Å². The third kappa shape index (κ3) is 12.7. The Balaban J connectivity index is 0.00000118. The summed E-state index contributed by atoms with van der Waals surface area (Å²) in [7, 11) is 1.31. The van der Waals surface area contributed by atoms with Crippen molar-refractivity contribution >= 4 is 18.3 Å². The Kier molecular flexibility index (Phi) is 14.8. The summed E-state index contributed by atoms with van der Waals surface area (Å²) >= 11 is 0. The smallest absolute Gasteiger partial charge is 0.292 e. The third-order valence-corrected chi connectivity index (χ3v) is 3.65. The highest BCUT2D eigenvalue weighted by molar-refractivity contribution is 5.87. The minimum absolute atomic E-state index is 0.0149. The first-order chi connectivity index (χ1) is 11.7. The number of nitrogens with zero attached hydrogens (tertiary/aromatic N) is 1. The normalized spacial score (nSPS) is 13.6. The van der Waals surface area contributed by atoms with Crippen molar-refractivity contribution in [3.05, 3.63) is 12.2 Å². The molecule has 1 saturated heterocycles.